The Hall–Kier alpha value is -1.49. The number of rotatable bonds is 1. The van der Waals surface area contributed by atoms with Crippen molar-refractivity contribution in [3.63, 3.8) is 0 Å². The van der Waals surface area contributed by atoms with Gasteiger partial charge in [0.05, 0.1) is 0 Å². The molecule has 0 aliphatic heterocycles. The fourth-order valence-corrected chi connectivity index (χ4v) is 2.29. The summed E-state index contributed by atoms with van der Waals surface area (Å²) in [6.45, 7) is 0. The van der Waals surface area contributed by atoms with Crippen molar-refractivity contribution in [2.75, 3.05) is 0 Å². The number of hydrogen-bond donors (Lipinski definition) is 1. The lowest BCUT2D eigenvalue weighted by atomic mass is 10.1. The molecule has 1 saturated carbocycles. The molecule has 2 unspecified atom stereocenters. The van der Waals surface area contributed by atoms with Crippen molar-refractivity contribution in [1.82, 2.24) is 19.6 Å². The SMILES string of the molecule is NC1CCC(c2nnc3ccncn23)C1. The Labute approximate surface area is 87.3 Å². The van der Waals surface area contributed by atoms with Gasteiger partial charge in [-0.1, -0.05) is 0 Å². The van der Waals surface area contributed by atoms with E-state index in [1.165, 1.54) is 0 Å². The number of aromatic nitrogens is 4. The molecule has 0 amide bonds. The van der Waals surface area contributed by atoms with Gasteiger partial charge in [0.1, 0.15) is 12.2 Å². The normalized spacial score (nSPS) is 26.2. The smallest absolute Gasteiger partial charge is 0.163 e. The lowest BCUT2D eigenvalue weighted by molar-refractivity contribution is 0.635. The van der Waals surface area contributed by atoms with Gasteiger partial charge < -0.3 is 5.73 Å². The molecular weight excluding hydrogens is 190 g/mol. The molecule has 1 fully saturated rings. The summed E-state index contributed by atoms with van der Waals surface area (Å²) >= 11 is 0. The van der Waals surface area contributed by atoms with E-state index in [0.29, 0.717) is 12.0 Å². The van der Waals surface area contributed by atoms with E-state index in [2.05, 4.69) is 15.2 Å². The quantitative estimate of drug-likeness (QED) is 0.741. The number of nitrogens with zero attached hydrogens (tertiary/aromatic N) is 4. The Morgan fingerprint density at radius 2 is 2.27 bits per heavy atom. The topological polar surface area (TPSA) is 69.1 Å². The van der Waals surface area contributed by atoms with E-state index in [1.54, 1.807) is 12.5 Å². The van der Waals surface area contributed by atoms with Crippen LogP contribution in [0.3, 0.4) is 0 Å². The molecule has 0 radical (unpaired) electrons. The van der Waals surface area contributed by atoms with Gasteiger partial charge >= 0.3 is 0 Å². The summed E-state index contributed by atoms with van der Waals surface area (Å²) < 4.78 is 1.96. The molecule has 0 aromatic carbocycles. The predicted molar refractivity (Wildman–Crippen MR) is 55.3 cm³/mol. The van der Waals surface area contributed by atoms with Crippen molar-refractivity contribution in [2.45, 2.75) is 31.2 Å². The number of fused-ring (bicyclic) bond motifs is 1. The number of nitrogens with two attached hydrogens (primary N) is 1. The minimum Gasteiger partial charge on any atom is -0.328 e. The highest BCUT2D eigenvalue weighted by Crippen LogP contribution is 2.32. The monoisotopic (exact) mass is 203 g/mol. The van der Waals surface area contributed by atoms with Gasteiger partial charge in [-0.25, -0.2) is 4.98 Å². The average Bonchev–Trinajstić information content (AvgIpc) is 2.83. The Bertz CT molecular complexity index is 477. The second-order valence-corrected chi connectivity index (χ2v) is 4.14. The molecule has 0 bridgehead atoms. The van der Waals surface area contributed by atoms with Gasteiger partial charge in [0, 0.05) is 24.2 Å². The third-order valence-electron chi connectivity index (χ3n) is 3.08. The van der Waals surface area contributed by atoms with Gasteiger partial charge in [-0.15, -0.1) is 10.2 Å². The Kier molecular flexibility index (Phi) is 1.92. The third kappa shape index (κ3) is 1.39. The maximum Gasteiger partial charge on any atom is 0.163 e. The van der Waals surface area contributed by atoms with Crippen LogP contribution in [0.25, 0.3) is 5.65 Å². The van der Waals surface area contributed by atoms with Crippen LogP contribution in [0.1, 0.15) is 31.0 Å². The molecule has 1 aliphatic carbocycles. The molecule has 2 aromatic heterocycles. The van der Waals surface area contributed by atoms with Crippen LogP contribution in [-0.4, -0.2) is 25.6 Å². The van der Waals surface area contributed by atoms with Crippen LogP contribution in [0.4, 0.5) is 0 Å². The summed E-state index contributed by atoms with van der Waals surface area (Å²) in [5.74, 6) is 1.45. The van der Waals surface area contributed by atoms with E-state index in [9.17, 15) is 0 Å². The molecule has 5 nitrogen and oxygen atoms in total. The van der Waals surface area contributed by atoms with E-state index in [-0.39, 0.29) is 0 Å². The van der Waals surface area contributed by atoms with E-state index in [0.717, 1.165) is 30.7 Å². The lowest BCUT2D eigenvalue weighted by Gasteiger charge is -2.06. The summed E-state index contributed by atoms with van der Waals surface area (Å²) in [5, 5.41) is 8.35. The molecule has 78 valence electrons. The first-order chi connectivity index (χ1) is 7.34. The first kappa shape index (κ1) is 8.79. The van der Waals surface area contributed by atoms with Crippen LogP contribution >= 0.6 is 0 Å². The predicted octanol–water partition coefficient (Wildman–Crippen LogP) is 0.719. The van der Waals surface area contributed by atoms with Crippen LogP contribution < -0.4 is 5.73 Å². The summed E-state index contributed by atoms with van der Waals surface area (Å²) in [5.41, 5.74) is 6.76. The first-order valence-corrected chi connectivity index (χ1v) is 5.25. The molecule has 2 aromatic rings. The van der Waals surface area contributed by atoms with Crippen molar-refractivity contribution in [1.29, 1.82) is 0 Å². The summed E-state index contributed by atoms with van der Waals surface area (Å²) in [6, 6.07) is 2.18. The van der Waals surface area contributed by atoms with E-state index in [4.69, 9.17) is 5.73 Å². The largest absolute Gasteiger partial charge is 0.328 e. The minimum atomic E-state index is 0.319. The zero-order valence-corrected chi connectivity index (χ0v) is 8.37. The standard InChI is InChI=1S/C10H13N5/c11-8-2-1-7(5-8)10-14-13-9-3-4-12-6-15(9)10/h3-4,6-8H,1-2,5,11H2. The Morgan fingerprint density at radius 3 is 3.07 bits per heavy atom. The van der Waals surface area contributed by atoms with Crippen LogP contribution in [0, 0.1) is 0 Å². The zero-order chi connectivity index (χ0) is 10.3. The first-order valence-electron chi connectivity index (χ1n) is 5.25. The maximum atomic E-state index is 5.90. The van der Waals surface area contributed by atoms with Gasteiger partial charge in [0.25, 0.3) is 0 Å². The summed E-state index contributed by atoms with van der Waals surface area (Å²) in [4.78, 5) is 4.09. The van der Waals surface area contributed by atoms with Gasteiger partial charge in [-0.05, 0) is 19.3 Å². The fraction of sp³-hybridized carbons (Fsp3) is 0.500. The van der Waals surface area contributed by atoms with Gasteiger partial charge in [-0.2, -0.15) is 0 Å². The van der Waals surface area contributed by atoms with Gasteiger partial charge in [0.15, 0.2) is 5.65 Å². The molecule has 5 heteroatoms. The highest BCUT2D eigenvalue weighted by Gasteiger charge is 2.26. The zero-order valence-electron chi connectivity index (χ0n) is 8.37. The molecular formula is C10H13N5. The van der Waals surface area contributed by atoms with Gasteiger partial charge in [-0.3, -0.25) is 4.40 Å². The van der Waals surface area contributed by atoms with Crippen LogP contribution in [-0.2, 0) is 0 Å². The second kappa shape index (κ2) is 3.27. The third-order valence-corrected chi connectivity index (χ3v) is 3.08. The molecule has 2 N–H and O–H groups in total. The van der Waals surface area contributed by atoms with Crippen LogP contribution in [0.5, 0.6) is 0 Å². The molecule has 0 spiro atoms. The molecule has 3 rings (SSSR count). The van der Waals surface area contributed by atoms with Crippen LogP contribution in [0.15, 0.2) is 18.6 Å². The maximum absolute atomic E-state index is 5.90. The van der Waals surface area contributed by atoms with Crippen molar-refractivity contribution >= 4 is 5.65 Å². The van der Waals surface area contributed by atoms with Crippen molar-refractivity contribution in [3.8, 4) is 0 Å². The fourth-order valence-electron chi connectivity index (χ4n) is 2.29. The minimum absolute atomic E-state index is 0.319. The van der Waals surface area contributed by atoms with E-state index in [1.807, 2.05) is 10.5 Å². The number of hydrogen-bond acceptors (Lipinski definition) is 4. The van der Waals surface area contributed by atoms with E-state index < -0.39 is 0 Å². The van der Waals surface area contributed by atoms with Crippen molar-refractivity contribution < 1.29 is 0 Å². The average molecular weight is 203 g/mol. The van der Waals surface area contributed by atoms with Crippen molar-refractivity contribution in [2.24, 2.45) is 5.73 Å². The Balaban J connectivity index is 2.04. The lowest BCUT2D eigenvalue weighted by Crippen LogP contribution is -2.14. The summed E-state index contributed by atoms with van der Waals surface area (Å²) in [6.07, 6.45) is 6.70. The molecule has 15 heavy (non-hydrogen) atoms. The van der Waals surface area contributed by atoms with Gasteiger partial charge in [0.2, 0.25) is 0 Å². The summed E-state index contributed by atoms with van der Waals surface area (Å²) in [7, 11) is 0. The molecule has 2 heterocycles. The molecule has 1 aliphatic rings. The second-order valence-electron chi connectivity index (χ2n) is 4.14. The van der Waals surface area contributed by atoms with E-state index >= 15 is 0 Å². The molecule has 2 atom stereocenters. The van der Waals surface area contributed by atoms with Crippen LogP contribution in [0.2, 0.25) is 0 Å². The van der Waals surface area contributed by atoms with Crippen molar-refractivity contribution in [3.05, 3.63) is 24.4 Å². The highest BCUT2D eigenvalue weighted by molar-refractivity contribution is 5.36. The Morgan fingerprint density at radius 1 is 1.33 bits per heavy atom. The highest BCUT2D eigenvalue weighted by atomic mass is 15.3. The molecule has 0 saturated heterocycles.